The summed E-state index contributed by atoms with van der Waals surface area (Å²) in [7, 11) is 0. The third-order valence-corrected chi connectivity index (χ3v) is 3.75. The number of carbonyl (C=O) groups is 1. The maximum Gasteiger partial charge on any atom is 0.319 e. The van der Waals surface area contributed by atoms with E-state index in [0.29, 0.717) is 0 Å². The minimum Gasteiger partial charge on any atom is -0.480 e. The van der Waals surface area contributed by atoms with Crippen molar-refractivity contribution < 1.29 is 9.90 Å². The van der Waals surface area contributed by atoms with Crippen molar-refractivity contribution in [1.29, 1.82) is 0 Å². The first-order chi connectivity index (χ1) is 6.95. The molecular formula is C9H14N2O2S2. The molecule has 84 valence electrons. The Balaban J connectivity index is 2.68. The summed E-state index contributed by atoms with van der Waals surface area (Å²) in [6.07, 6.45) is 1.85. The standard InChI is InChI=1S/C9H14N2O2S2/c1-4-5-6-10-8(15-11-6)14-9(2,3)7(12)13/h4-5H2,1-3H3,(H,12,13). The highest BCUT2D eigenvalue weighted by atomic mass is 32.2. The van der Waals surface area contributed by atoms with E-state index in [1.165, 1.54) is 23.3 Å². The Kier molecular flexibility index (Phi) is 4.10. The quantitative estimate of drug-likeness (QED) is 0.808. The first kappa shape index (κ1) is 12.4. The van der Waals surface area contributed by atoms with Crippen LogP contribution >= 0.6 is 23.3 Å². The van der Waals surface area contributed by atoms with Crippen molar-refractivity contribution in [3.8, 4) is 0 Å². The number of carboxylic acid groups (broad SMARTS) is 1. The summed E-state index contributed by atoms with van der Waals surface area (Å²) in [6.45, 7) is 5.40. The lowest BCUT2D eigenvalue weighted by molar-refractivity contribution is -0.138. The molecule has 1 aromatic heterocycles. The van der Waals surface area contributed by atoms with E-state index in [2.05, 4.69) is 16.3 Å². The summed E-state index contributed by atoms with van der Waals surface area (Å²) in [5.74, 6) is -0.0223. The molecule has 0 spiro atoms. The third kappa shape index (κ3) is 3.46. The molecule has 4 nitrogen and oxygen atoms in total. The minimum atomic E-state index is -0.844. The molecule has 0 radical (unpaired) electrons. The molecule has 1 aromatic rings. The van der Waals surface area contributed by atoms with Crippen molar-refractivity contribution in [3.63, 3.8) is 0 Å². The predicted octanol–water partition coefficient (Wildman–Crippen LogP) is 2.45. The second kappa shape index (κ2) is 4.94. The van der Waals surface area contributed by atoms with Crippen molar-refractivity contribution in [3.05, 3.63) is 5.82 Å². The van der Waals surface area contributed by atoms with Gasteiger partial charge in [0.15, 0.2) is 4.34 Å². The van der Waals surface area contributed by atoms with Gasteiger partial charge in [0.1, 0.15) is 10.6 Å². The smallest absolute Gasteiger partial charge is 0.319 e. The van der Waals surface area contributed by atoms with Crippen molar-refractivity contribution >= 4 is 29.3 Å². The van der Waals surface area contributed by atoms with Gasteiger partial charge >= 0.3 is 5.97 Å². The van der Waals surface area contributed by atoms with Crippen LogP contribution < -0.4 is 0 Å². The Labute approximate surface area is 97.3 Å². The summed E-state index contributed by atoms with van der Waals surface area (Å²) >= 11 is 2.52. The molecule has 0 unspecified atom stereocenters. The average molecular weight is 246 g/mol. The van der Waals surface area contributed by atoms with Crippen molar-refractivity contribution in [2.24, 2.45) is 0 Å². The zero-order valence-corrected chi connectivity index (χ0v) is 10.6. The summed E-state index contributed by atoms with van der Waals surface area (Å²) in [4.78, 5) is 15.2. The molecule has 0 bridgehead atoms. The highest BCUT2D eigenvalue weighted by Gasteiger charge is 2.30. The van der Waals surface area contributed by atoms with Crippen LogP contribution in [0.3, 0.4) is 0 Å². The van der Waals surface area contributed by atoms with Crippen LogP contribution in [0.1, 0.15) is 33.0 Å². The molecule has 0 aliphatic heterocycles. The molecule has 6 heteroatoms. The van der Waals surface area contributed by atoms with Crippen LogP contribution in [0.25, 0.3) is 0 Å². The van der Waals surface area contributed by atoms with Crippen LogP contribution in [0.15, 0.2) is 4.34 Å². The van der Waals surface area contributed by atoms with E-state index in [9.17, 15) is 4.79 Å². The topological polar surface area (TPSA) is 63.1 Å². The monoisotopic (exact) mass is 246 g/mol. The van der Waals surface area contributed by atoms with Gasteiger partial charge in [-0.3, -0.25) is 4.79 Å². The van der Waals surface area contributed by atoms with Crippen LogP contribution in [0, 0.1) is 0 Å². The number of aryl methyl sites for hydroxylation is 1. The van der Waals surface area contributed by atoms with Crippen molar-refractivity contribution in [2.75, 3.05) is 0 Å². The highest BCUT2D eigenvalue weighted by Crippen LogP contribution is 2.33. The lowest BCUT2D eigenvalue weighted by Crippen LogP contribution is -2.26. The van der Waals surface area contributed by atoms with Crippen LogP contribution in [0.5, 0.6) is 0 Å². The minimum absolute atomic E-state index is 0.728. The lowest BCUT2D eigenvalue weighted by Gasteiger charge is -2.15. The number of nitrogens with zero attached hydrogens (tertiary/aromatic N) is 2. The number of carboxylic acids is 1. The fourth-order valence-electron chi connectivity index (χ4n) is 0.866. The number of hydrogen-bond acceptors (Lipinski definition) is 5. The third-order valence-electron chi connectivity index (χ3n) is 1.78. The van der Waals surface area contributed by atoms with Gasteiger partial charge < -0.3 is 5.11 Å². The zero-order chi connectivity index (χ0) is 11.5. The highest BCUT2D eigenvalue weighted by molar-refractivity contribution is 8.02. The van der Waals surface area contributed by atoms with E-state index in [4.69, 9.17) is 5.11 Å². The van der Waals surface area contributed by atoms with Crippen LogP contribution in [0.4, 0.5) is 0 Å². The van der Waals surface area contributed by atoms with Gasteiger partial charge in [0.2, 0.25) is 0 Å². The van der Waals surface area contributed by atoms with E-state index in [-0.39, 0.29) is 0 Å². The first-order valence-electron chi connectivity index (χ1n) is 4.70. The summed E-state index contributed by atoms with van der Waals surface area (Å²) < 4.78 is 4.05. The van der Waals surface area contributed by atoms with Gasteiger partial charge in [-0.1, -0.05) is 18.7 Å². The molecule has 1 rings (SSSR count). The van der Waals surface area contributed by atoms with E-state index in [1.54, 1.807) is 13.8 Å². The molecule has 0 atom stereocenters. The Bertz CT molecular complexity index is 350. The zero-order valence-electron chi connectivity index (χ0n) is 8.98. The maximum absolute atomic E-state index is 10.9. The molecule has 0 saturated carbocycles. The summed E-state index contributed by atoms with van der Waals surface area (Å²) in [6, 6.07) is 0. The van der Waals surface area contributed by atoms with Gasteiger partial charge in [-0.15, -0.1) is 0 Å². The molecule has 1 N–H and O–H groups in total. The Hall–Kier alpha value is -0.620. The fourth-order valence-corrected chi connectivity index (χ4v) is 2.89. The second-order valence-corrected chi connectivity index (χ2v) is 6.27. The number of rotatable bonds is 5. The molecule has 0 aromatic carbocycles. The number of aliphatic carboxylic acids is 1. The van der Waals surface area contributed by atoms with E-state index < -0.39 is 10.7 Å². The van der Waals surface area contributed by atoms with Gasteiger partial charge in [-0.05, 0) is 31.8 Å². The molecule has 0 fully saturated rings. The van der Waals surface area contributed by atoms with Crippen LogP contribution in [-0.4, -0.2) is 25.2 Å². The number of thioether (sulfide) groups is 1. The van der Waals surface area contributed by atoms with Crippen LogP contribution in [0.2, 0.25) is 0 Å². The van der Waals surface area contributed by atoms with Gasteiger partial charge in [-0.25, -0.2) is 4.98 Å². The van der Waals surface area contributed by atoms with Gasteiger partial charge in [0.05, 0.1) is 0 Å². The van der Waals surface area contributed by atoms with Crippen molar-refractivity contribution in [1.82, 2.24) is 9.36 Å². The fraction of sp³-hybridized carbons (Fsp3) is 0.667. The molecule has 0 amide bonds. The number of hydrogen-bond donors (Lipinski definition) is 1. The molecule has 0 aliphatic rings. The molecule has 0 saturated heterocycles. The Morgan fingerprint density at radius 1 is 1.60 bits per heavy atom. The van der Waals surface area contributed by atoms with Crippen molar-refractivity contribution in [2.45, 2.75) is 42.7 Å². The summed E-state index contributed by atoms with van der Waals surface area (Å²) in [5.41, 5.74) is 0. The maximum atomic E-state index is 10.9. The Morgan fingerprint density at radius 2 is 2.27 bits per heavy atom. The van der Waals surface area contributed by atoms with E-state index in [1.807, 2.05) is 0 Å². The molecule has 1 heterocycles. The molecule has 0 aliphatic carbocycles. The lowest BCUT2D eigenvalue weighted by atomic mass is 10.2. The largest absolute Gasteiger partial charge is 0.480 e. The Morgan fingerprint density at radius 3 is 2.80 bits per heavy atom. The SMILES string of the molecule is CCCc1nsc(SC(C)(C)C(=O)O)n1. The summed E-state index contributed by atoms with van der Waals surface area (Å²) in [5, 5.41) is 8.95. The van der Waals surface area contributed by atoms with Gasteiger partial charge in [-0.2, -0.15) is 4.37 Å². The number of aromatic nitrogens is 2. The normalized spacial score (nSPS) is 11.7. The van der Waals surface area contributed by atoms with Crippen LogP contribution in [-0.2, 0) is 11.2 Å². The van der Waals surface area contributed by atoms with E-state index in [0.717, 1.165) is 23.0 Å². The average Bonchev–Trinajstić information content (AvgIpc) is 2.52. The van der Waals surface area contributed by atoms with Gasteiger partial charge in [0.25, 0.3) is 0 Å². The first-order valence-corrected chi connectivity index (χ1v) is 6.29. The second-order valence-electron chi connectivity index (χ2n) is 3.64. The molecular weight excluding hydrogens is 232 g/mol. The van der Waals surface area contributed by atoms with Gasteiger partial charge in [0, 0.05) is 6.42 Å². The molecule has 15 heavy (non-hydrogen) atoms. The van der Waals surface area contributed by atoms with E-state index >= 15 is 0 Å². The predicted molar refractivity (Wildman–Crippen MR) is 61.5 cm³/mol.